The van der Waals surface area contributed by atoms with Crippen molar-refractivity contribution in [3.8, 4) is 0 Å². The number of carbonyl (C=O) groups is 2. The van der Waals surface area contributed by atoms with Gasteiger partial charge >= 0.3 is 0 Å². The molecular weight excluding hydrogens is 472 g/mol. The maximum atomic E-state index is 12.8. The lowest BCUT2D eigenvalue weighted by molar-refractivity contribution is -0.124. The molecule has 4 heteroatoms. The van der Waals surface area contributed by atoms with Crippen molar-refractivity contribution >= 4 is 11.6 Å². The summed E-state index contributed by atoms with van der Waals surface area (Å²) >= 11 is 0. The van der Waals surface area contributed by atoms with E-state index < -0.39 is 6.10 Å². The fourth-order valence-corrected chi connectivity index (χ4v) is 5.21. The van der Waals surface area contributed by atoms with Crippen molar-refractivity contribution in [1.29, 1.82) is 0 Å². The molecule has 0 radical (unpaired) electrons. The van der Waals surface area contributed by atoms with Crippen LogP contribution in [-0.4, -0.2) is 36.0 Å². The average molecular weight is 529 g/mol. The molecule has 0 spiro atoms. The molecule has 0 bridgehead atoms. The van der Waals surface area contributed by atoms with E-state index in [4.69, 9.17) is 4.74 Å². The van der Waals surface area contributed by atoms with E-state index in [-0.39, 0.29) is 29.8 Å². The van der Waals surface area contributed by atoms with Crippen LogP contribution in [0.3, 0.4) is 0 Å². The second kappa shape index (κ2) is 19.3. The Morgan fingerprint density at radius 3 is 2.45 bits per heavy atom. The van der Waals surface area contributed by atoms with Crippen LogP contribution >= 0.6 is 0 Å². The molecule has 0 aromatic carbocycles. The van der Waals surface area contributed by atoms with Gasteiger partial charge in [-0.05, 0) is 76.2 Å². The number of Topliss-reactive ketones (excluding diaryl/α,β-unsaturated/α-hetero) is 2. The molecule has 5 unspecified atom stereocenters. The quantitative estimate of drug-likeness (QED) is 0.143. The zero-order valence-corrected chi connectivity index (χ0v) is 25.4. The molecule has 216 valence electrons. The predicted octanol–water partition coefficient (Wildman–Crippen LogP) is 8.35. The number of aliphatic hydroxyl groups excluding tert-OH is 1. The third kappa shape index (κ3) is 14.4. The summed E-state index contributed by atoms with van der Waals surface area (Å²) in [5.74, 6) is 1.17. The summed E-state index contributed by atoms with van der Waals surface area (Å²) in [4.78, 5) is 25.4. The van der Waals surface area contributed by atoms with Gasteiger partial charge in [0, 0.05) is 31.8 Å². The number of methoxy groups -OCH3 is 1. The van der Waals surface area contributed by atoms with Gasteiger partial charge in [-0.1, -0.05) is 82.6 Å². The Balaban J connectivity index is 2.39. The highest BCUT2D eigenvalue weighted by atomic mass is 16.5. The monoisotopic (exact) mass is 528 g/mol. The number of carbonyl (C=O) groups excluding carboxylic acids is 2. The molecule has 0 aromatic heterocycles. The van der Waals surface area contributed by atoms with Crippen LogP contribution in [0.15, 0.2) is 47.6 Å². The summed E-state index contributed by atoms with van der Waals surface area (Å²) in [5.41, 5.74) is 2.06. The second-order valence-electron chi connectivity index (χ2n) is 11.8. The molecule has 1 fully saturated rings. The zero-order chi connectivity index (χ0) is 28.5. The second-order valence-corrected chi connectivity index (χ2v) is 11.8. The van der Waals surface area contributed by atoms with Crippen molar-refractivity contribution in [2.45, 2.75) is 124 Å². The lowest BCUT2D eigenvalue weighted by Gasteiger charge is -2.30. The molecule has 1 aliphatic carbocycles. The van der Waals surface area contributed by atoms with Crippen LogP contribution in [0, 0.1) is 23.7 Å². The molecule has 0 aromatic rings. The van der Waals surface area contributed by atoms with Gasteiger partial charge in [-0.15, -0.1) is 0 Å². The summed E-state index contributed by atoms with van der Waals surface area (Å²) in [5, 5.41) is 10.6. The lowest BCUT2D eigenvalue weighted by atomic mass is 9.80. The van der Waals surface area contributed by atoms with E-state index in [0.29, 0.717) is 29.9 Å². The van der Waals surface area contributed by atoms with Crippen molar-refractivity contribution in [2.75, 3.05) is 7.11 Å². The van der Waals surface area contributed by atoms with Gasteiger partial charge in [0.15, 0.2) is 0 Å². The Morgan fingerprint density at radius 2 is 1.76 bits per heavy atom. The molecule has 0 amide bonds. The van der Waals surface area contributed by atoms with E-state index in [1.165, 1.54) is 24.8 Å². The van der Waals surface area contributed by atoms with Gasteiger partial charge in [-0.2, -0.15) is 0 Å². The number of hydrogen-bond acceptors (Lipinski definition) is 4. The summed E-state index contributed by atoms with van der Waals surface area (Å²) in [6, 6.07) is 0. The summed E-state index contributed by atoms with van der Waals surface area (Å²) in [7, 11) is 1.81. The number of allylic oxidation sites excluding steroid dienone is 7. The van der Waals surface area contributed by atoms with E-state index in [9.17, 15) is 14.7 Å². The Morgan fingerprint density at radius 1 is 1.03 bits per heavy atom. The number of aliphatic hydroxyl groups is 1. The van der Waals surface area contributed by atoms with Gasteiger partial charge in [-0.3, -0.25) is 9.59 Å². The van der Waals surface area contributed by atoms with Gasteiger partial charge in [0.25, 0.3) is 0 Å². The van der Waals surface area contributed by atoms with Crippen LogP contribution in [0.25, 0.3) is 0 Å². The van der Waals surface area contributed by atoms with Crippen molar-refractivity contribution in [3.05, 3.63) is 47.6 Å². The minimum absolute atomic E-state index is 0.0712. The van der Waals surface area contributed by atoms with Crippen molar-refractivity contribution in [1.82, 2.24) is 0 Å². The molecule has 6 atom stereocenters. The number of hydrogen-bond donors (Lipinski definition) is 1. The Kier molecular flexibility index (Phi) is 17.4. The predicted molar refractivity (Wildman–Crippen MR) is 160 cm³/mol. The van der Waals surface area contributed by atoms with Gasteiger partial charge in [0.1, 0.15) is 11.6 Å². The molecule has 1 saturated carbocycles. The van der Waals surface area contributed by atoms with Gasteiger partial charge in [0.2, 0.25) is 0 Å². The molecule has 1 N–H and O–H groups in total. The van der Waals surface area contributed by atoms with E-state index in [0.717, 1.165) is 38.5 Å². The summed E-state index contributed by atoms with van der Waals surface area (Å²) in [6.07, 6.45) is 21.9. The van der Waals surface area contributed by atoms with Crippen LogP contribution in [-0.2, 0) is 14.3 Å². The van der Waals surface area contributed by atoms with Crippen molar-refractivity contribution in [2.24, 2.45) is 23.7 Å². The molecular formula is C34H56O4. The van der Waals surface area contributed by atoms with Crippen molar-refractivity contribution < 1.29 is 19.4 Å². The molecule has 0 aliphatic heterocycles. The Bertz CT molecular complexity index is 818. The van der Waals surface area contributed by atoms with Crippen LogP contribution in [0.1, 0.15) is 112 Å². The third-order valence-electron chi connectivity index (χ3n) is 8.24. The van der Waals surface area contributed by atoms with Crippen molar-refractivity contribution in [3.63, 3.8) is 0 Å². The minimum Gasteiger partial charge on any atom is -0.388 e. The topological polar surface area (TPSA) is 63.6 Å². The molecule has 1 aliphatic rings. The first-order valence-corrected chi connectivity index (χ1v) is 15.0. The molecule has 1 rings (SSSR count). The molecule has 0 saturated heterocycles. The van der Waals surface area contributed by atoms with E-state index >= 15 is 0 Å². The standard InChI is InChI=1S/C34H56O4/c1-8-25(2)15-12-10-9-11-13-16-27(4)33(36)24-34(37)29(6)22-28(5)32(35)20-19-26(3)21-30-17-14-18-31(23-30)38-7/h9-12,15,22,26-28,30-31,34,37H,8,13-14,16-21,23-24H2,1-7H3/b11-9+,12-10+,25-15+,29-22+/t26?,27?,28-,30?,31?,34?/m1/s1. The van der Waals surface area contributed by atoms with Crippen LogP contribution in [0.5, 0.6) is 0 Å². The highest BCUT2D eigenvalue weighted by molar-refractivity contribution is 5.83. The first-order chi connectivity index (χ1) is 18.1. The first kappa shape index (κ1) is 34.2. The SMILES string of the molecule is CC/C(C)=C/C=C/C=C/CCC(C)C(=O)CC(O)/C(C)=C/[C@@H](C)C(=O)CCC(C)CC1CCCC(OC)C1. The van der Waals surface area contributed by atoms with Gasteiger partial charge in [-0.25, -0.2) is 0 Å². The van der Waals surface area contributed by atoms with Crippen LogP contribution in [0.2, 0.25) is 0 Å². The normalized spacial score (nSPS) is 22.5. The first-order valence-electron chi connectivity index (χ1n) is 15.0. The highest BCUT2D eigenvalue weighted by Gasteiger charge is 2.24. The zero-order valence-electron chi connectivity index (χ0n) is 25.4. The maximum Gasteiger partial charge on any atom is 0.139 e. The minimum atomic E-state index is -0.828. The molecule has 0 heterocycles. The Hall–Kier alpha value is -1.78. The van der Waals surface area contributed by atoms with E-state index in [1.807, 2.05) is 52.2 Å². The van der Waals surface area contributed by atoms with Crippen LogP contribution in [0.4, 0.5) is 0 Å². The highest BCUT2D eigenvalue weighted by Crippen LogP contribution is 2.32. The summed E-state index contributed by atoms with van der Waals surface area (Å²) < 4.78 is 5.56. The molecule has 4 nitrogen and oxygen atoms in total. The van der Waals surface area contributed by atoms with Gasteiger partial charge < -0.3 is 9.84 Å². The number of rotatable bonds is 18. The molecule has 38 heavy (non-hydrogen) atoms. The fourth-order valence-electron chi connectivity index (χ4n) is 5.21. The largest absolute Gasteiger partial charge is 0.388 e. The third-order valence-corrected chi connectivity index (χ3v) is 8.24. The maximum absolute atomic E-state index is 12.8. The van der Waals surface area contributed by atoms with Gasteiger partial charge in [0.05, 0.1) is 12.2 Å². The van der Waals surface area contributed by atoms with E-state index in [1.54, 1.807) is 0 Å². The number of ether oxygens (including phenoxy) is 1. The van der Waals surface area contributed by atoms with Crippen LogP contribution < -0.4 is 0 Å². The smallest absolute Gasteiger partial charge is 0.139 e. The summed E-state index contributed by atoms with van der Waals surface area (Å²) in [6.45, 7) is 12.2. The average Bonchev–Trinajstić information content (AvgIpc) is 2.90. The lowest BCUT2D eigenvalue weighted by Crippen LogP contribution is -2.23. The van der Waals surface area contributed by atoms with E-state index in [2.05, 4.69) is 32.9 Å². The number of ketones is 2. The fraction of sp³-hybridized carbons (Fsp3) is 0.706. The Labute approximate surface area is 233 Å².